The quantitative estimate of drug-likeness (QED) is 0.685. The molecule has 0 radical (unpaired) electrons. The molecule has 0 aliphatic rings. The standard InChI is InChI=1S/C22H26N2O2/c1-5-15(2)16-11-12-20-18(13-16)19(24-26-20)14-21(25)23-22(3,4)17-9-7-6-8-10-17/h6-13,15H,5,14H2,1-4H3,(H,23,25). The fourth-order valence-corrected chi connectivity index (χ4v) is 3.15. The number of carbonyl (C=O) groups is 1. The third-order valence-electron chi connectivity index (χ3n) is 5.03. The lowest BCUT2D eigenvalue weighted by Crippen LogP contribution is -2.41. The number of hydrogen-bond donors (Lipinski definition) is 1. The normalized spacial score (nSPS) is 12.9. The van der Waals surface area contributed by atoms with Crippen molar-refractivity contribution < 1.29 is 9.32 Å². The average Bonchev–Trinajstić information content (AvgIpc) is 3.03. The van der Waals surface area contributed by atoms with Crippen molar-refractivity contribution in [2.45, 2.75) is 52.0 Å². The first-order chi connectivity index (χ1) is 12.4. The fourth-order valence-electron chi connectivity index (χ4n) is 3.15. The number of fused-ring (bicyclic) bond motifs is 1. The fraction of sp³-hybridized carbons (Fsp3) is 0.364. The first kappa shape index (κ1) is 18.2. The van der Waals surface area contributed by atoms with Crippen molar-refractivity contribution in [3.8, 4) is 0 Å². The van der Waals surface area contributed by atoms with Crippen LogP contribution in [0.25, 0.3) is 11.0 Å². The highest BCUT2D eigenvalue weighted by molar-refractivity contribution is 5.87. The molecule has 1 heterocycles. The summed E-state index contributed by atoms with van der Waals surface area (Å²) < 4.78 is 5.40. The van der Waals surface area contributed by atoms with E-state index in [4.69, 9.17) is 4.52 Å². The second-order valence-corrected chi connectivity index (χ2v) is 7.41. The van der Waals surface area contributed by atoms with E-state index in [9.17, 15) is 4.79 Å². The van der Waals surface area contributed by atoms with Gasteiger partial charge in [-0.3, -0.25) is 4.79 Å². The maximum atomic E-state index is 12.6. The molecule has 0 fully saturated rings. The molecule has 0 aliphatic carbocycles. The summed E-state index contributed by atoms with van der Waals surface area (Å²) in [6.07, 6.45) is 1.27. The minimum Gasteiger partial charge on any atom is -0.356 e. The zero-order chi connectivity index (χ0) is 18.7. The second kappa shape index (κ2) is 7.32. The van der Waals surface area contributed by atoms with Gasteiger partial charge in [-0.05, 0) is 49.4 Å². The second-order valence-electron chi connectivity index (χ2n) is 7.41. The van der Waals surface area contributed by atoms with Gasteiger partial charge < -0.3 is 9.84 Å². The van der Waals surface area contributed by atoms with E-state index in [1.165, 1.54) is 5.56 Å². The Kier molecular flexibility index (Phi) is 5.12. The summed E-state index contributed by atoms with van der Waals surface area (Å²) in [6.45, 7) is 8.37. The molecule has 0 spiro atoms. The Bertz CT molecular complexity index is 897. The van der Waals surface area contributed by atoms with Crippen LogP contribution >= 0.6 is 0 Å². The van der Waals surface area contributed by atoms with Crippen molar-refractivity contribution in [2.24, 2.45) is 0 Å². The summed E-state index contributed by atoms with van der Waals surface area (Å²) in [6, 6.07) is 16.1. The van der Waals surface area contributed by atoms with Crippen LogP contribution in [-0.2, 0) is 16.8 Å². The molecule has 0 saturated heterocycles. The Morgan fingerprint density at radius 2 is 1.92 bits per heavy atom. The maximum Gasteiger partial charge on any atom is 0.226 e. The monoisotopic (exact) mass is 350 g/mol. The third kappa shape index (κ3) is 3.79. The number of benzene rings is 2. The number of nitrogens with zero attached hydrogens (tertiary/aromatic N) is 1. The first-order valence-corrected chi connectivity index (χ1v) is 9.15. The van der Waals surface area contributed by atoms with Gasteiger partial charge in [0.2, 0.25) is 5.91 Å². The highest BCUT2D eigenvalue weighted by Gasteiger charge is 2.23. The van der Waals surface area contributed by atoms with Crippen LogP contribution in [0.3, 0.4) is 0 Å². The SMILES string of the molecule is CCC(C)c1ccc2onc(CC(=O)NC(C)(C)c3ccccc3)c2c1. The molecule has 1 N–H and O–H groups in total. The van der Waals surface area contributed by atoms with Crippen LogP contribution in [0.5, 0.6) is 0 Å². The first-order valence-electron chi connectivity index (χ1n) is 9.15. The number of carbonyl (C=O) groups excluding carboxylic acids is 1. The molecule has 4 nitrogen and oxygen atoms in total. The molecular formula is C22H26N2O2. The average molecular weight is 350 g/mol. The molecule has 1 amide bonds. The van der Waals surface area contributed by atoms with Gasteiger partial charge in [0.05, 0.1) is 12.0 Å². The summed E-state index contributed by atoms with van der Waals surface area (Å²) >= 11 is 0. The van der Waals surface area contributed by atoms with Crippen LogP contribution in [-0.4, -0.2) is 11.1 Å². The van der Waals surface area contributed by atoms with Crippen LogP contribution < -0.4 is 5.32 Å². The Hall–Kier alpha value is -2.62. The predicted octanol–water partition coefficient (Wildman–Crippen LogP) is 4.94. The molecule has 0 saturated carbocycles. The van der Waals surface area contributed by atoms with E-state index in [0.29, 0.717) is 11.6 Å². The number of hydrogen-bond acceptors (Lipinski definition) is 3. The van der Waals surface area contributed by atoms with E-state index in [-0.39, 0.29) is 12.3 Å². The van der Waals surface area contributed by atoms with E-state index >= 15 is 0 Å². The lowest BCUT2D eigenvalue weighted by Gasteiger charge is -2.26. The summed E-state index contributed by atoms with van der Waals surface area (Å²) in [5.74, 6) is 0.399. The van der Waals surface area contributed by atoms with E-state index in [1.54, 1.807) is 0 Å². The van der Waals surface area contributed by atoms with Crippen LogP contribution in [0.15, 0.2) is 53.1 Å². The summed E-state index contributed by atoms with van der Waals surface area (Å²) in [7, 11) is 0. The number of rotatable bonds is 6. The Balaban J connectivity index is 1.79. The van der Waals surface area contributed by atoms with Gasteiger partial charge in [0, 0.05) is 5.39 Å². The van der Waals surface area contributed by atoms with E-state index < -0.39 is 5.54 Å². The Morgan fingerprint density at radius 3 is 2.62 bits per heavy atom. The van der Waals surface area contributed by atoms with Gasteiger partial charge in [0.25, 0.3) is 0 Å². The van der Waals surface area contributed by atoms with E-state index in [2.05, 4.69) is 36.5 Å². The highest BCUT2D eigenvalue weighted by Crippen LogP contribution is 2.26. The molecule has 0 bridgehead atoms. The van der Waals surface area contributed by atoms with Crippen molar-refractivity contribution in [2.75, 3.05) is 0 Å². The molecular weight excluding hydrogens is 324 g/mol. The minimum atomic E-state index is -0.445. The third-order valence-corrected chi connectivity index (χ3v) is 5.03. The number of aromatic nitrogens is 1. The topological polar surface area (TPSA) is 55.1 Å². The van der Waals surface area contributed by atoms with Crippen molar-refractivity contribution >= 4 is 16.9 Å². The smallest absolute Gasteiger partial charge is 0.226 e. The van der Waals surface area contributed by atoms with Gasteiger partial charge in [-0.25, -0.2) is 0 Å². The molecule has 3 rings (SSSR count). The van der Waals surface area contributed by atoms with Crippen molar-refractivity contribution in [3.05, 3.63) is 65.4 Å². The molecule has 0 aliphatic heterocycles. The summed E-state index contributed by atoms with van der Waals surface area (Å²) in [4.78, 5) is 12.6. The van der Waals surface area contributed by atoms with Crippen molar-refractivity contribution in [1.29, 1.82) is 0 Å². The Morgan fingerprint density at radius 1 is 1.19 bits per heavy atom. The van der Waals surface area contributed by atoms with Gasteiger partial charge in [-0.1, -0.05) is 55.4 Å². The van der Waals surface area contributed by atoms with Gasteiger partial charge >= 0.3 is 0 Å². The van der Waals surface area contributed by atoms with Gasteiger partial charge in [-0.2, -0.15) is 0 Å². The Labute approximate surface area is 154 Å². The summed E-state index contributed by atoms with van der Waals surface area (Å²) in [5.41, 5.74) is 3.28. The zero-order valence-corrected chi connectivity index (χ0v) is 15.9. The molecule has 2 aromatic carbocycles. The van der Waals surface area contributed by atoms with Crippen LogP contribution in [0.2, 0.25) is 0 Å². The van der Waals surface area contributed by atoms with Crippen molar-refractivity contribution in [3.63, 3.8) is 0 Å². The molecule has 136 valence electrons. The lowest BCUT2D eigenvalue weighted by atomic mass is 9.94. The van der Waals surface area contributed by atoms with Crippen LogP contribution in [0.1, 0.15) is 56.9 Å². The zero-order valence-electron chi connectivity index (χ0n) is 15.9. The van der Waals surface area contributed by atoms with Crippen molar-refractivity contribution in [1.82, 2.24) is 10.5 Å². The predicted molar refractivity (Wildman–Crippen MR) is 104 cm³/mol. The number of nitrogens with one attached hydrogen (secondary N) is 1. The molecule has 26 heavy (non-hydrogen) atoms. The summed E-state index contributed by atoms with van der Waals surface area (Å²) in [5, 5.41) is 8.16. The molecule has 1 aromatic heterocycles. The van der Waals surface area contributed by atoms with Gasteiger partial charge in [0.1, 0.15) is 5.69 Å². The van der Waals surface area contributed by atoms with Crippen LogP contribution in [0, 0.1) is 0 Å². The maximum absolute atomic E-state index is 12.6. The molecule has 1 atom stereocenters. The molecule has 4 heteroatoms. The lowest BCUT2D eigenvalue weighted by molar-refractivity contribution is -0.122. The largest absolute Gasteiger partial charge is 0.356 e. The van der Waals surface area contributed by atoms with Gasteiger partial charge in [-0.15, -0.1) is 0 Å². The van der Waals surface area contributed by atoms with Gasteiger partial charge in [0.15, 0.2) is 5.58 Å². The van der Waals surface area contributed by atoms with Crippen LogP contribution in [0.4, 0.5) is 0 Å². The minimum absolute atomic E-state index is 0.0667. The highest BCUT2D eigenvalue weighted by atomic mass is 16.5. The molecule has 1 unspecified atom stereocenters. The molecule has 3 aromatic rings. The van der Waals surface area contributed by atoms with E-state index in [1.807, 2.05) is 50.2 Å². The number of amides is 1. The van der Waals surface area contributed by atoms with E-state index in [0.717, 1.165) is 23.0 Å².